The van der Waals surface area contributed by atoms with Gasteiger partial charge in [-0.2, -0.15) is 0 Å². The molecule has 0 radical (unpaired) electrons. The number of nitrogen functional groups attached to an aromatic ring is 1. The molecule has 1 heterocycles. The van der Waals surface area contributed by atoms with E-state index in [-0.39, 0.29) is 23.0 Å². The number of hydrogen-bond donors (Lipinski definition) is 2. The second kappa shape index (κ2) is 5.34. The number of likely N-dealkylation sites (tertiary alicyclic amines) is 1. The van der Waals surface area contributed by atoms with Crippen molar-refractivity contribution in [2.75, 3.05) is 12.8 Å². The van der Waals surface area contributed by atoms with Gasteiger partial charge in [-0.25, -0.2) is 0 Å². The molecule has 116 valence electrons. The average molecular weight is 289 g/mol. The lowest BCUT2D eigenvalue weighted by molar-refractivity contribution is -0.0169. The maximum atomic E-state index is 12.4. The molecule has 1 aliphatic heterocycles. The molecule has 1 aromatic carbocycles. The minimum atomic E-state index is -0.0748. The van der Waals surface area contributed by atoms with Gasteiger partial charge in [-0.05, 0) is 59.7 Å². The molecule has 1 aromatic rings. The zero-order chi connectivity index (χ0) is 15.8. The first-order valence-corrected chi connectivity index (χ1v) is 7.53. The molecule has 4 nitrogen and oxygen atoms in total. The van der Waals surface area contributed by atoms with Crippen molar-refractivity contribution < 1.29 is 4.79 Å². The highest BCUT2D eigenvalue weighted by atomic mass is 16.1. The van der Waals surface area contributed by atoms with Gasteiger partial charge in [-0.3, -0.25) is 9.69 Å². The fraction of sp³-hybridized carbons (Fsp3) is 0.588. The number of carbonyl (C=O) groups excluding carboxylic acids is 1. The molecule has 4 heteroatoms. The Labute approximate surface area is 127 Å². The number of nitrogens with two attached hydrogens (primary N) is 1. The molecule has 21 heavy (non-hydrogen) atoms. The highest BCUT2D eigenvalue weighted by Gasteiger charge is 2.43. The normalized spacial score (nSPS) is 22.0. The third-order valence-electron chi connectivity index (χ3n) is 4.85. The van der Waals surface area contributed by atoms with E-state index in [0.717, 1.165) is 12.8 Å². The summed E-state index contributed by atoms with van der Waals surface area (Å²) in [6, 6.07) is 7.38. The van der Waals surface area contributed by atoms with Crippen LogP contribution < -0.4 is 11.1 Å². The molecule has 3 N–H and O–H groups in total. The van der Waals surface area contributed by atoms with E-state index in [9.17, 15) is 4.79 Å². The van der Waals surface area contributed by atoms with Crippen molar-refractivity contribution in [1.29, 1.82) is 0 Å². The summed E-state index contributed by atoms with van der Waals surface area (Å²) in [7, 11) is 2.16. The van der Waals surface area contributed by atoms with Gasteiger partial charge in [0.25, 0.3) is 5.91 Å². The standard InChI is InChI=1S/C17H27N3O/c1-16(2)10-12(11-17(3,4)20(16)5)19-15(21)13-8-6-7-9-14(13)18/h6-9,12H,10-11,18H2,1-5H3,(H,19,21). The number of rotatable bonds is 2. The molecule has 0 bridgehead atoms. The van der Waals surface area contributed by atoms with E-state index >= 15 is 0 Å². The Kier molecular flexibility index (Phi) is 4.02. The largest absolute Gasteiger partial charge is 0.398 e. The molecule has 1 aliphatic rings. The summed E-state index contributed by atoms with van der Waals surface area (Å²) < 4.78 is 0. The number of amides is 1. The second-order valence-electron chi connectivity index (χ2n) is 7.35. The van der Waals surface area contributed by atoms with Crippen LogP contribution in [-0.2, 0) is 0 Å². The lowest BCUT2D eigenvalue weighted by Crippen LogP contribution is -2.62. The van der Waals surface area contributed by atoms with E-state index in [0.29, 0.717) is 11.3 Å². The van der Waals surface area contributed by atoms with Gasteiger partial charge in [-0.15, -0.1) is 0 Å². The Morgan fingerprint density at radius 1 is 1.19 bits per heavy atom. The Morgan fingerprint density at radius 3 is 2.24 bits per heavy atom. The maximum absolute atomic E-state index is 12.4. The SMILES string of the molecule is CN1C(C)(C)CC(NC(=O)c2ccccc2N)CC1(C)C. The van der Waals surface area contributed by atoms with Crippen LogP contribution in [-0.4, -0.2) is 35.0 Å². The van der Waals surface area contributed by atoms with E-state index < -0.39 is 0 Å². The summed E-state index contributed by atoms with van der Waals surface area (Å²) in [5, 5.41) is 3.16. The van der Waals surface area contributed by atoms with Gasteiger partial charge in [0.2, 0.25) is 0 Å². The lowest BCUT2D eigenvalue weighted by atomic mass is 9.77. The molecular formula is C17H27N3O. The zero-order valence-corrected chi connectivity index (χ0v) is 13.7. The monoisotopic (exact) mass is 289 g/mol. The van der Waals surface area contributed by atoms with E-state index in [2.05, 4.69) is 45.0 Å². The van der Waals surface area contributed by atoms with E-state index in [4.69, 9.17) is 5.73 Å². The molecule has 0 spiro atoms. The van der Waals surface area contributed by atoms with Gasteiger partial charge >= 0.3 is 0 Å². The van der Waals surface area contributed by atoms with Crippen molar-refractivity contribution >= 4 is 11.6 Å². The Hall–Kier alpha value is -1.55. The fourth-order valence-corrected chi connectivity index (χ4v) is 3.44. The molecule has 1 saturated heterocycles. The van der Waals surface area contributed by atoms with Crippen molar-refractivity contribution in [3.05, 3.63) is 29.8 Å². The molecule has 1 amide bonds. The van der Waals surface area contributed by atoms with Crippen molar-refractivity contribution in [3.8, 4) is 0 Å². The number of para-hydroxylation sites is 1. The highest BCUT2D eigenvalue weighted by molar-refractivity contribution is 5.99. The summed E-state index contributed by atoms with van der Waals surface area (Å²) in [5.74, 6) is -0.0748. The Bertz CT molecular complexity index is 519. The highest BCUT2D eigenvalue weighted by Crippen LogP contribution is 2.36. The second-order valence-corrected chi connectivity index (χ2v) is 7.35. The lowest BCUT2D eigenvalue weighted by Gasteiger charge is -2.53. The molecule has 0 aromatic heterocycles. The summed E-state index contributed by atoms with van der Waals surface area (Å²) in [4.78, 5) is 14.8. The molecular weight excluding hydrogens is 262 g/mol. The number of nitrogens with one attached hydrogen (secondary N) is 1. The van der Waals surface area contributed by atoms with Gasteiger partial charge in [0.15, 0.2) is 0 Å². The van der Waals surface area contributed by atoms with E-state index in [1.54, 1.807) is 12.1 Å². The van der Waals surface area contributed by atoms with Crippen LogP contribution in [0.4, 0.5) is 5.69 Å². The van der Waals surface area contributed by atoms with Crippen LogP contribution in [0.25, 0.3) is 0 Å². The maximum Gasteiger partial charge on any atom is 0.253 e. The van der Waals surface area contributed by atoms with Gasteiger partial charge < -0.3 is 11.1 Å². The number of carbonyl (C=O) groups is 1. The third kappa shape index (κ3) is 3.21. The number of hydrogen-bond acceptors (Lipinski definition) is 3. The molecule has 2 rings (SSSR count). The van der Waals surface area contributed by atoms with E-state index in [1.165, 1.54) is 0 Å². The van der Waals surface area contributed by atoms with Crippen molar-refractivity contribution in [1.82, 2.24) is 10.2 Å². The van der Waals surface area contributed by atoms with Crippen LogP contribution in [0, 0.1) is 0 Å². The van der Waals surface area contributed by atoms with Gasteiger partial charge in [0.1, 0.15) is 0 Å². The van der Waals surface area contributed by atoms with E-state index in [1.807, 2.05) is 12.1 Å². The molecule has 1 fully saturated rings. The minimum absolute atomic E-state index is 0.0575. The predicted molar refractivity (Wildman–Crippen MR) is 87.3 cm³/mol. The number of benzene rings is 1. The topological polar surface area (TPSA) is 58.4 Å². The number of nitrogens with zero attached hydrogens (tertiary/aromatic N) is 1. The minimum Gasteiger partial charge on any atom is -0.398 e. The van der Waals surface area contributed by atoms with Gasteiger partial charge in [0.05, 0.1) is 5.56 Å². The first-order chi connectivity index (χ1) is 9.63. The quantitative estimate of drug-likeness (QED) is 0.823. The average Bonchev–Trinajstić information content (AvgIpc) is 2.35. The van der Waals surface area contributed by atoms with Crippen molar-refractivity contribution in [2.45, 2.75) is 57.7 Å². The van der Waals surface area contributed by atoms with Gasteiger partial charge in [-0.1, -0.05) is 12.1 Å². The third-order valence-corrected chi connectivity index (χ3v) is 4.85. The van der Waals surface area contributed by atoms with Crippen LogP contribution in [0.3, 0.4) is 0 Å². The number of anilines is 1. The van der Waals surface area contributed by atoms with Crippen molar-refractivity contribution in [3.63, 3.8) is 0 Å². The molecule has 0 saturated carbocycles. The number of piperidine rings is 1. The summed E-state index contributed by atoms with van der Waals surface area (Å²) in [6.45, 7) is 8.90. The first-order valence-electron chi connectivity index (χ1n) is 7.53. The predicted octanol–water partition coefficient (Wildman–Crippen LogP) is 2.65. The van der Waals surface area contributed by atoms with Crippen LogP contribution in [0.15, 0.2) is 24.3 Å². The van der Waals surface area contributed by atoms with Crippen LogP contribution >= 0.6 is 0 Å². The van der Waals surface area contributed by atoms with Crippen LogP contribution in [0.1, 0.15) is 50.9 Å². The van der Waals surface area contributed by atoms with Gasteiger partial charge in [0, 0.05) is 22.8 Å². The summed E-state index contributed by atoms with van der Waals surface area (Å²) in [5.41, 5.74) is 7.09. The molecule has 0 atom stereocenters. The summed E-state index contributed by atoms with van der Waals surface area (Å²) in [6.07, 6.45) is 1.87. The zero-order valence-electron chi connectivity index (χ0n) is 13.7. The molecule has 0 aliphatic carbocycles. The fourth-order valence-electron chi connectivity index (χ4n) is 3.44. The Morgan fingerprint density at radius 2 is 1.71 bits per heavy atom. The van der Waals surface area contributed by atoms with Crippen LogP contribution in [0.5, 0.6) is 0 Å². The smallest absolute Gasteiger partial charge is 0.253 e. The molecule has 0 unspecified atom stereocenters. The Balaban J connectivity index is 2.14. The van der Waals surface area contributed by atoms with Crippen LogP contribution in [0.2, 0.25) is 0 Å². The first kappa shape index (κ1) is 15.8. The summed E-state index contributed by atoms with van der Waals surface area (Å²) >= 11 is 0. The van der Waals surface area contributed by atoms with Crippen molar-refractivity contribution in [2.24, 2.45) is 0 Å².